The highest BCUT2D eigenvalue weighted by Gasteiger charge is 2.16. The number of nitrogens with zero attached hydrogens (tertiary/aromatic N) is 1. The number of hydrogen-bond acceptors (Lipinski definition) is 2. The molecule has 19 heavy (non-hydrogen) atoms. The highest BCUT2D eigenvalue weighted by molar-refractivity contribution is 5.81. The lowest BCUT2D eigenvalue weighted by atomic mass is 9.84. The van der Waals surface area contributed by atoms with Gasteiger partial charge in [0, 0.05) is 25.3 Å². The number of rotatable bonds is 2. The van der Waals surface area contributed by atoms with Gasteiger partial charge in [0.05, 0.1) is 0 Å². The maximum atomic E-state index is 10.9. The van der Waals surface area contributed by atoms with Gasteiger partial charge in [-0.2, -0.15) is 0 Å². The summed E-state index contributed by atoms with van der Waals surface area (Å²) < 4.78 is 0. The summed E-state index contributed by atoms with van der Waals surface area (Å²) in [5.74, 6) is 0. The van der Waals surface area contributed by atoms with Crippen molar-refractivity contribution in [2.45, 2.75) is 12.8 Å². The molecule has 0 bridgehead atoms. The number of carbonyl (C=O) groups is 1. The molecule has 2 aromatic carbocycles. The zero-order valence-electron chi connectivity index (χ0n) is 11.3. The lowest BCUT2D eigenvalue weighted by molar-refractivity contribution is 0.112. The van der Waals surface area contributed by atoms with E-state index in [9.17, 15) is 4.79 Å². The van der Waals surface area contributed by atoms with E-state index in [4.69, 9.17) is 0 Å². The minimum Gasteiger partial charge on any atom is -0.378 e. The number of aryl methyl sites for hydroxylation is 2. The molecule has 0 fully saturated rings. The quantitative estimate of drug-likeness (QED) is 0.763. The molecule has 1 aliphatic rings. The van der Waals surface area contributed by atoms with Gasteiger partial charge in [0.1, 0.15) is 6.29 Å². The fourth-order valence-corrected chi connectivity index (χ4v) is 2.75. The van der Waals surface area contributed by atoms with E-state index in [1.807, 2.05) is 12.1 Å². The van der Waals surface area contributed by atoms with Crippen molar-refractivity contribution in [3.05, 3.63) is 53.1 Å². The number of aldehydes is 1. The van der Waals surface area contributed by atoms with Gasteiger partial charge in [-0.05, 0) is 53.3 Å². The first-order valence-corrected chi connectivity index (χ1v) is 6.58. The molecule has 0 aliphatic heterocycles. The SMILES string of the molecule is CN(C)c1ccc2c(c1)CCc1cc(C=O)ccc1-2. The van der Waals surface area contributed by atoms with E-state index in [1.54, 1.807) is 0 Å². The summed E-state index contributed by atoms with van der Waals surface area (Å²) in [4.78, 5) is 13.0. The molecule has 0 N–H and O–H groups in total. The van der Waals surface area contributed by atoms with Crippen molar-refractivity contribution in [3.8, 4) is 11.1 Å². The molecule has 0 radical (unpaired) electrons. The maximum absolute atomic E-state index is 10.9. The molecule has 2 aromatic rings. The number of hydrogen-bond donors (Lipinski definition) is 0. The Bertz CT molecular complexity index is 644. The largest absolute Gasteiger partial charge is 0.378 e. The van der Waals surface area contributed by atoms with Crippen LogP contribution in [-0.4, -0.2) is 20.4 Å². The third-order valence-corrected chi connectivity index (χ3v) is 3.82. The predicted octanol–water partition coefficient (Wildman–Crippen LogP) is 3.33. The lowest BCUT2D eigenvalue weighted by Gasteiger charge is -2.22. The molecule has 0 heterocycles. The zero-order chi connectivity index (χ0) is 13.4. The van der Waals surface area contributed by atoms with E-state index >= 15 is 0 Å². The molecule has 2 nitrogen and oxygen atoms in total. The summed E-state index contributed by atoms with van der Waals surface area (Å²) in [6, 6.07) is 12.6. The second kappa shape index (κ2) is 4.54. The smallest absolute Gasteiger partial charge is 0.150 e. The van der Waals surface area contributed by atoms with Gasteiger partial charge in [0.2, 0.25) is 0 Å². The fourth-order valence-electron chi connectivity index (χ4n) is 2.75. The third-order valence-electron chi connectivity index (χ3n) is 3.82. The normalized spacial score (nSPS) is 12.5. The molecule has 0 atom stereocenters. The first-order valence-electron chi connectivity index (χ1n) is 6.58. The number of benzene rings is 2. The van der Waals surface area contributed by atoms with Crippen LogP contribution in [-0.2, 0) is 12.8 Å². The minimum atomic E-state index is 0.770. The molecule has 2 heteroatoms. The van der Waals surface area contributed by atoms with Crippen LogP contribution in [0.4, 0.5) is 5.69 Å². The Kier molecular flexibility index (Phi) is 2.86. The van der Waals surface area contributed by atoms with Crippen LogP contribution in [0, 0.1) is 0 Å². The van der Waals surface area contributed by atoms with Crippen molar-refractivity contribution in [1.29, 1.82) is 0 Å². The highest BCUT2D eigenvalue weighted by atomic mass is 16.1. The summed E-state index contributed by atoms with van der Waals surface area (Å²) in [6.07, 6.45) is 2.98. The number of fused-ring (bicyclic) bond motifs is 3. The summed E-state index contributed by atoms with van der Waals surface area (Å²) >= 11 is 0. The van der Waals surface area contributed by atoms with Crippen LogP contribution in [0.3, 0.4) is 0 Å². The van der Waals surface area contributed by atoms with E-state index in [0.29, 0.717) is 0 Å². The van der Waals surface area contributed by atoms with Crippen LogP contribution in [0.25, 0.3) is 11.1 Å². The van der Waals surface area contributed by atoms with E-state index in [2.05, 4.69) is 43.3 Å². The predicted molar refractivity (Wildman–Crippen MR) is 79.0 cm³/mol. The fraction of sp³-hybridized carbons (Fsp3) is 0.235. The molecule has 3 rings (SSSR count). The van der Waals surface area contributed by atoms with Crippen LogP contribution >= 0.6 is 0 Å². The molecule has 0 saturated heterocycles. The Labute approximate surface area is 113 Å². The van der Waals surface area contributed by atoms with Gasteiger partial charge in [-0.3, -0.25) is 4.79 Å². The summed E-state index contributed by atoms with van der Waals surface area (Å²) in [7, 11) is 4.13. The third kappa shape index (κ3) is 2.03. The molecule has 0 spiro atoms. The Morgan fingerprint density at radius 2 is 1.58 bits per heavy atom. The maximum Gasteiger partial charge on any atom is 0.150 e. The molecular weight excluding hydrogens is 234 g/mol. The Morgan fingerprint density at radius 1 is 0.947 bits per heavy atom. The summed E-state index contributed by atoms with van der Waals surface area (Å²) in [6.45, 7) is 0. The summed E-state index contributed by atoms with van der Waals surface area (Å²) in [5.41, 5.74) is 7.28. The van der Waals surface area contributed by atoms with Crippen molar-refractivity contribution in [2.24, 2.45) is 0 Å². The molecule has 0 amide bonds. The van der Waals surface area contributed by atoms with E-state index in [-0.39, 0.29) is 0 Å². The van der Waals surface area contributed by atoms with Crippen LogP contribution < -0.4 is 4.90 Å². The topological polar surface area (TPSA) is 20.3 Å². The molecule has 1 aliphatic carbocycles. The van der Waals surface area contributed by atoms with Gasteiger partial charge in [-0.1, -0.05) is 18.2 Å². The zero-order valence-corrected chi connectivity index (χ0v) is 11.3. The van der Waals surface area contributed by atoms with E-state index in [1.165, 1.54) is 27.9 Å². The highest BCUT2D eigenvalue weighted by Crippen LogP contribution is 2.35. The number of anilines is 1. The second-order valence-corrected chi connectivity index (χ2v) is 5.27. The first kappa shape index (κ1) is 12.0. The van der Waals surface area contributed by atoms with Crippen molar-refractivity contribution < 1.29 is 4.79 Å². The van der Waals surface area contributed by atoms with Crippen LogP contribution in [0.2, 0.25) is 0 Å². The minimum absolute atomic E-state index is 0.770. The Morgan fingerprint density at radius 3 is 2.21 bits per heavy atom. The molecule has 96 valence electrons. The Hall–Kier alpha value is -2.09. The average Bonchev–Trinajstić information content (AvgIpc) is 2.45. The summed E-state index contributed by atoms with van der Waals surface area (Å²) in [5, 5.41) is 0. The monoisotopic (exact) mass is 251 g/mol. The molecule has 0 aromatic heterocycles. The molecule has 0 unspecified atom stereocenters. The Balaban J connectivity index is 2.11. The van der Waals surface area contributed by atoms with Gasteiger partial charge in [-0.25, -0.2) is 0 Å². The van der Waals surface area contributed by atoms with Gasteiger partial charge in [0.25, 0.3) is 0 Å². The second-order valence-electron chi connectivity index (χ2n) is 5.27. The average molecular weight is 251 g/mol. The van der Waals surface area contributed by atoms with E-state index in [0.717, 1.165) is 24.7 Å². The van der Waals surface area contributed by atoms with Gasteiger partial charge in [0.15, 0.2) is 0 Å². The van der Waals surface area contributed by atoms with Crippen molar-refractivity contribution in [3.63, 3.8) is 0 Å². The van der Waals surface area contributed by atoms with Gasteiger partial charge >= 0.3 is 0 Å². The lowest BCUT2D eigenvalue weighted by Crippen LogP contribution is -2.11. The van der Waals surface area contributed by atoms with Crippen molar-refractivity contribution >= 4 is 12.0 Å². The molecular formula is C17H17NO. The first-order chi connectivity index (χ1) is 9.19. The van der Waals surface area contributed by atoms with Crippen LogP contribution in [0.1, 0.15) is 21.5 Å². The van der Waals surface area contributed by atoms with Crippen molar-refractivity contribution in [2.75, 3.05) is 19.0 Å². The van der Waals surface area contributed by atoms with E-state index < -0.39 is 0 Å². The van der Waals surface area contributed by atoms with Gasteiger partial charge < -0.3 is 4.90 Å². The van der Waals surface area contributed by atoms with Crippen molar-refractivity contribution in [1.82, 2.24) is 0 Å². The van der Waals surface area contributed by atoms with Crippen LogP contribution in [0.15, 0.2) is 36.4 Å². The van der Waals surface area contributed by atoms with Crippen LogP contribution in [0.5, 0.6) is 0 Å². The number of carbonyl (C=O) groups excluding carboxylic acids is 1. The molecule has 0 saturated carbocycles. The van der Waals surface area contributed by atoms with Gasteiger partial charge in [-0.15, -0.1) is 0 Å². The standard InChI is InChI=1S/C17H17NO/c1-18(2)15-6-8-17-14(10-15)5-4-13-9-12(11-19)3-7-16(13)17/h3,6-11H,4-5H2,1-2H3.